The standard InChI is InChI=1S/C58H49N3/c1-5-6-28-51-39-50-24-12-14-32-56(50)60(51)52-29-17-27-48(37-52)49-34-35-55-54-31-13-15-33-57(54)61(58(55)40-49)53-30-18-26-47(38-53)46-25-16-21-44(36-46)20-11-10-19-41(2)42(3)59-43(4)45-22-8-7-9-23-45/h5-8,10-22,24-40H,1,9,23H2,2-4H3/b19-10-,20-11+,28-6-,42-41+,59-43+. The summed E-state index contributed by atoms with van der Waals surface area (Å²) in [6.07, 6.45) is 23.1. The number of hydrogen-bond acceptors (Lipinski definition) is 1. The number of rotatable bonds is 11. The normalized spacial score (nSPS) is 14.0. The summed E-state index contributed by atoms with van der Waals surface area (Å²) in [5.74, 6) is 0. The number of allylic oxidation sites excluding steroid dienone is 11. The first-order valence-corrected chi connectivity index (χ1v) is 21.1. The van der Waals surface area contributed by atoms with E-state index >= 15 is 0 Å². The van der Waals surface area contributed by atoms with Crippen molar-refractivity contribution in [3.05, 3.63) is 229 Å². The Balaban J connectivity index is 1.03. The summed E-state index contributed by atoms with van der Waals surface area (Å²) < 4.78 is 4.74. The molecule has 0 unspecified atom stereocenters. The smallest absolute Gasteiger partial charge is 0.0547 e. The number of nitrogens with zero attached hydrogens (tertiary/aromatic N) is 3. The number of aliphatic imine (C=N–C) groups is 1. The molecule has 2 heterocycles. The van der Waals surface area contributed by atoms with Crippen LogP contribution in [0.3, 0.4) is 0 Å². The zero-order valence-electron chi connectivity index (χ0n) is 35.1. The van der Waals surface area contributed by atoms with E-state index in [9.17, 15) is 0 Å². The van der Waals surface area contributed by atoms with Crippen molar-refractivity contribution in [2.24, 2.45) is 4.99 Å². The molecule has 0 fully saturated rings. The summed E-state index contributed by atoms with van der Waals surface area (Å²) in [6, 6.07) is 53.0. The van der Waals surface area contributed by atoms with Crippen LogP contribution < -0.4 is 0 Å². The van der Waals surface area contributed by atoms with Crippen molar-refractivity contribution in [3.63, 3.8) is 0 Å². The first kappa shape index (κ1) is 39.0. The number of fused-ring (bicyclic) bond motifs is 4. The second-order valence-electron chi connectivity index (χ2n) is 15.7. The van der Waals surface area contributed by atoms with Gasteiger partial charge in [-0.25, -0.2) is 0 Å². The van der Waals surface area contributed by atoms with Crippen LogP contribution in [0.5, 0.6) is 0 Å². The maximum absolute atomic E-state index is 4.90. The van der Waals surface area contributed by atoms with Crippen molar-refractivity contribution in [2.75, 3.05) is 0 Å². The first-order chi connectivity index (χ1) is 29.9. The van der Waals surface area contributed by atoms with Gasteiger partial charge in [-0.15, -0.1) is 0 Å². The van der Waals surface area contributed by atoms with Gasteiger partial charge in [0.05, 0.1) is 16.6 Å². The fourth-order valence-electron chi connectivity index (χ4n) is 8.46. The molecule has 3 nitrogen and oxygen atoms in total. The third kappa shape index (κ3) is 8.11. The van der Waals surface area contributed by atoms with E-state index in [0.717, 1.165) is 58.0 Å². The van der Waals surface area contributed by atoms with Gasteiger partial charge in [0, 0.05) is 44.6 Å². The molecule has 8 aromatic rings. The fraction of sp³-hybridized carbons (Fsp3) is 0.0862. The zero-order valence-corrected chi connectivity index (χ0v) is 35.1. The molecule has 61 heavy (non-hydrogen) atoms. The van der Waals surface area contributed by atoms with E-state index in [4.69, 9.17) is 4.99 Å². The topological polar surface area (TPSA) is 22.2 Å². The minimum atomic E-state index is 1.04. The van der Waals surface area contributed by atoms with E-state index in [0.29, 0.717) is 0 Å². The summed E-state index contributed by atoms with van der Waals surface area (Å²) >= 11 is 0. The lowest BCUT2D eigenvalue weighted by Gasteiger charge is -2.13. The molecule has 0 bridgehead atoms. The second kappa shape index (κ2) is 17.4. The van der Waals surface area contributed by atoms with Crippen molar-refractivity contribution in [2.45, 2.75) is 33.6 Å². The molecule has 0 aliphatic heterocycles. The van der Waals surface area contributed by atoms with Crippen LogP contribution in [0, 0.1) is 0 Å². The molecule has 0 amide bonds. The van der Waals surface area contributed by atoms with Gasteiger partial charge in [-0.05, 0) is 133 Å². The van der Waals surface area contributed by atoms with Crippen LogP contribution in [-0.2, 0) is 0 Å². The Morgan fingerprint density at radius 2 is 1.28 bits per heavy atom. The minimum Gasteiger partial charge on any atom is -0.310 e. The van der Waals surface area contributed by atoms with Gasteiger partial charge >= 0.3 is 0 Å². The van der Waals surface area contributed by atoms with Crippen LogP contribution in [0.2, 0.25) is 0 Å². The lowest BCUT2D eigenvalue weighted by molar-refractivity contribution is 0.999. The third-order valence-electron chi connectivity index (χ3n) is 11.7. The maximum atomic E-state index is 4.90. The van der Waals surface area contributed by atoms with E-state index in [1.165, 1.54) is 55.0 Å². The predicted octanol–water partition coefficient (Wildman–Crippen LogP) is 15.9. The molecule has 1 aliphatic carbocycles. The molecule has 0 N–H and O–H groups in total. The Kier molecular flexibility index (Phi) is 11.1. The predicted molar refractivity (Wildman–Crippen MR) is 264 cm³/mol. The largest absolute Gasteiger partial charge is 0.310 e. The molecule has 3 heteroatoms. The molecule has 9 rings (SSSR count). The van der Waals surface area contributed by atoms with Crippen LogP contribution in [0.1, 0.15) is 44.9 Å². The number of benzene rings is 6. The first-order valence-electron chi connectivity index (χ1n) is 21.1. The summed E-state index contributed by atoms with van der Waals surface area (Å²) in [5, 5.41) is 3.68. The maximum Gasteiger partial charge on any atom is 0.0547 e. The number of para-hydroxylation sites is 2. The summed E-state index contributed by atoms with van der Waals surface area (Å²) in [4.78, 5) is 4.90. The molecular formula is C58H49N3. The van der Waals surface area contributed by atoms with E-state index in [1.54, 1.807) is 0 Å². The Labute approximate surface area is 359 Å². The van der Waals surface area contributed by atoms with Gasteiger partial charge in [0.1, 0.15) is 0 Å². The highest BCUT2D eigenvalue weighted by atomic mass is 15.0. The highest BCUT2D eigenvalue weighted by Gasteiger charge is 2.15. The molecule has 0 radical (unpaired) electrons. The van der Waals surface area contributed by atoms with E-state index < -0.39 is 0 Å². The lowest BCUT2D eigenvalue weighted by Crippen LogP contribution is -2.00. The summed E-state index contributed by atoms with van der Waals surface area (Å²) in [7, 11) is 0. The van der Waals surface area contributed by atoms with Crippen molar-refractivity contribution < 1.29 is 0 Å². The molecule has 6 aromatic carbocycles. The van der Waals surface area contributed by atoms with Crippen LogP contribution in [0.4, 0.5) is 0 Å². The van der Waals surface area contributed by atoms with Gasteiger partial charge in [0.25, 0.3) is 0 Å². The Morgan fingerprint density at radius 1 is 0.590 bits per heavy atom. The monoisotopic (exact) mass is 787 g/mol. The zero-order chi connectivity index (χ0) is 41.7. The lowest BCUT2D eigenvalue weighted by atomic mass is 10.0. The van der Waals surface area contributed by atoms with Crippen molar-refractivity contribution in [1.82, 2.24) is 9.13 Å². The van der Waals surface area contributed by atoms with E-state index in [1.807, 2.05) is 12.2 Å². The van der Waals surface area contributed by atoms with Crippen molar-refractivity contribution in [3.8, 4) is 33.6 Å². The molecule has 0 saturated carbocycles. The molecule has 1 aliphatic rings. The third-order valence-corrected chi connectivity index (χ3v) is 11.7. The van der Waals surface area contributed by atoms with Crippen molar-refractivity contribution in [1.29, 1.82) is 0 Å². The summed E-state index contributed by atoms with van der Waals surface area (Å²) in [5.41, 5.74) is 17.3. The van der Waals surface area contributed by atoms with Gasteiger partial charge in [-0.2, -0.15) is 0 Å². The van der Waals surface area contributed by atoms with Gasteiger partial charge in [0.2, 0.25) is 0 Å². The Hall–Kier alpha value is -7.49. The molecule has 2 aromatic heterocycles. The number of aromatic nitrogens is 2. The molecular weight excluding hydrogens is 739 g/mol. The minimum absolute atomic E-state index is 1.04. The molecule has 296 valence electrons. The van der Waals surface area contributed by atoms with Gasteiger partial charge < -0.3 is 9.13 Å². The Morgan fingerprint density at radius 3 is 2.05 bits per heavy atom. The summed E-state index contributed by atoms with van der Waals surface area (Å²) in [6.45, 7) is 10.2. The van der Waals surface area contributed by atoms with Gasteiger partial charge in [0.15, 0.2) is 0 Å². The van der Waals surface area contributed by atoms with Crippen LogP contribution in [0.25, 0.3) is 78.5 Å². The highest BCUT2D eigenvalue weighted by molar-refractivity contribution is 6.10. The quantitative estimate of drug-likeness (QED) is 0.0920. The molecule has 0 saturated heterocycles. The van der Waals surface area contributed by atoms with Crippen LogP contribution >= 0.6 is 0 Å². The molecule has 0 atom stereocenters. The van der Waals surface area contributed by atoms with Gasteiger partial charge in [-0.3, -0.25) is 4.99 Å². The number of hydrogen-bond donors (Lipinski definition) is 0. The average Bonchev–Trinajstić information content (AvgIpc) is 3.85. The van der Waals surface area contributed by atoms with Crippen LogP contribution in [-0.4, -0.2) is 14.8 Å². The van der Waals surface area contributed by atoms with E-state index in [-0.39, 0.29) is 0 Å². The Bertz CT molecular complexity index is 3180. The van der Waals surface area contributed by atoms with Crippen LogP contribution in [0.15, 0.2) is 223 Å². The highest BCUT2D eigenvalue weighted by Crippen LogP contribution is 2.37. The fourth-order valence-corrected chi connectivity index (χ4v) is 8.46. The SMILES string of the molecule is C=C/C=C\c1cc2ccccc2n1-c1cccc(-c2ccc3c4ccccc4n(-c4cccc(-c5cccc(/C=C/C=C\C(C)=C(C)\N=C(/C)C6=CC=CCC6)c5)c4)c3c2)c1. The average molecular weight is 788 g/mol. The van der Waals surface area contributed by atoms with Gasteiger partial charge in [-0.1, -0.05) is 152 Å². The second-order valence-corrected chi connectivity index (χ2v) is 15.7. The van der Waals surface area contributed by atoms with Crippen molar-refractivity contribution >= 4 is 50.6 Å². The van der Waals surface area contributed by atoms with E-state index in [2.05, 4.69) is 231 Å². The molecule has 0 spiro atoms.